The summed E-state index contributed by atoms with van der Waals surface area (Å²) in [5, 5.41) is 3.51. The first-order valence-corrected chi connectivity index (χ1v) is 8.41. The van der Waals surface area contributed by atoms with Crippen molar-refractivity contribution >= 4 is 27.7 Å². The molecule has 1 aromatic rings. The van der Waals surface area contributed by atoms with E-state index in [1.54, 1.807) is 0 Å². The minimum atomic E-state index is -0.201. The molecule has 1 atom stereocenters. The predicted octanol–water partition coefficient (Wildman–Crippen LogP) is 4.64. The van der Waals surface area contributed by atoms with Gasteiger partial charge in [0.15, 0.2) is 0 Å². The molecule has 0 aliphatic carbocycles. The van der Waals surface area contributed by atoms with Crippen LogP contribution in [0.2, 0.25) is 0 Å². The molecule has 0 fully saturated rings. The molecule has 1 aromatic carbocycles. The third-order valence-corrected chi connectivity index (χ3v) is 4.72. The number of likely N-dealkylation sites (N-methyl/N-ethyl adjacent to an activating group) is 1. The van der Waals surface area contributed by atoms with Crippen molar-refractivity contribution < 1.29 is 4.39 Å². The number of rotatable bonds is 6. The monoisotopic (exact) mass is 347 g/mol. The molecule has 0 spiro atoms. The second-order valence-electron chi connectivity index (χ2n) is 5.63. The Kier molecular flexibility index (Phi) is 6.84. The van der Waals surface area contributed by atoms with Crippen LogP contribution in [0.1, 0.15) is 33.3 Å². The Morgan fingerprint density at radius 3 is 2.58 bits per heavy atom. The van der Waals surface area contributed by atoms with Gasteiger partial charge in [-0.3, -0.25) is 0 Å². The van der Waals surface area contributed by atoms with Crippen LogP contribution < -0.4 is 5.32 Å². The van der Waals surface area contributed by atoms with Gasteiger partial charge in [0.1, 0.15) is 5.82 Å². The standard InChI is InChI=1S/C15H23BrFNS/c1-5-18-12(10-19-15(2,3)4)8-11-6-7-14(17)13(16)9-11/h6-7,9,12,18H,5,8,10H2,1-4H3. The Labute approximate surface area is 128 Å². The molecule has 0 saturated carbocycles. The van der Waals surface area contributed by atoms with Gasteiger partial charge in [-0.05, 0) is 46.6 Å². The van der Waals surface area contributed by atoms with E-state index in [1.165, 1.54) is 6.07 Å². The van der Waals surface area contributed by atoms with E-state index in [1.807, 2.05) is 23.9 Å². The van der Waals surface area contributed by atoms with Crippen LogP contribution in [0.15, 0.2) is 22.7 Å². The molecule has 0 bridgehead atoms. The van der Waals surface area contributed by atoms with Crippen molar-refractivity contribution in [2.45, 2.75) is 44.9 Å². The first-order chi connectivity index (χ1) is 8.81. The maximum absolute atomic E-state index is 13.2. The van der Waals surface area contributed by atoms with Gasteiger partial charge < -0.3 is 5.32 Å². The number of halogens is 2. The van der Waals surface area contributed by atoms with Crippen molar-refractivity contribution in [1.82, 2.24) is 5.32 Å². The second-order valence-corrected chi connectivity index (χ2v) is 8.33. The molecule has 19 heavy (non-hydrogen) atoms. The van der Waals surface area contributed by atoms with Crippen LogP contribution in [0.5, 0.6) is 0 Å². The molecule has 0 amide bonds. The van der Waals surface area contributed by atoms with Gasteiger partial charge in [0.05, 0.1) is 4.47 Å². The van der Waals surface area contributed by atoms with Gasteiger partial charge in [-0.2, -0.15) is 11.8 Å². The van der Waals surface area contributed by atoms with E-state index in [4.69, 9.17) is 0 Å². The number of nitrogens with one attached hydrogen (secondary N) is 1. The highest BCUT2D eigenvalue weighted by Gasteiger charge is 2.16. The van der Waals surface area contributed by atoms with Crippen molar-refractivity contribution in [1.29, 1.82) is 0 Å². The Hall–Kier alpha value is -0.0600. The van der Waals surface area contributed by atoms with Gasteiger partial charge in [0.2, 0.25) is 0 Å². The first-order valence-electron chi connectivity index (χ1n) is 6.63. The molecule has 0 aliphatic rings. The number of hydrogen-bond acceptors (Lipinski definition) is 2. The van der Waals surface area contributed by atoms with E-state index < -0.39 is 0 Å². The van der Waals surface area contributed by atoms with Gasteiger partial charge in [-0.15, -0.1) is 0 Å². The Morgan fingerprint density at radius 2 is 2.05 bits per heavy atom. The van der Waals surface area contributed by atoms with E-state index in [2.05, 4.69) is 48.9 Å². The molecule has 4 heteroatoms. The smallest absolute Gasteiger partial charge is 0.137 e. The fourth-order valence-corrected chi connectivity index (χ4v) is 3.14. The van der Waals surface area contributed by atoms with E-state index in [9.17, 15) is 4.39 Å². The molecule has 108 valence electrons. The minimum absolute atomic E-state index is 0.201. The second kappa shape index (κ2) is 7.65. The van der Waals surface area contributed by atoms with E-state index in [0.717, 1.165) is 24.3 Å². The van der Waals surface area contributed by atoms with Crippen molar-refractivity contribution in [3.63, 3.8) is 0 Å². The fourth-order valence-electron chi connectivity index (χ4n) is 1.78. The summed E-state index contributed by atoms with van der Waals surface area (Å²) in [5.74, 6) is 0.861. The van der Waals surface area contributed by atoms with Gasteiger partial charge in [-0.25, -0.2) is 4.39 Å². The van der Waals surface area contributed by atoms with Crippen LogP contribution in [0.25, 0.3) is 0 Å². The van der Waals surface area contributed by atoms with E-state index in [0.29, 0.717) is 10.5 Å². The Bertz CT molecular complexity index is 404. The molecule has 0 aromatic heterocycles. The molecule has 1 rings (SSSR count). The maximum atomic E-state index is 13.2. The van der Waals surface area contributed by atoms with Crippen molar-refractivity contribution in [2.75, 3.05) is 12.3 Å². The summed E-state index contributed by atoms with van der Waals surface area (Å²) in [7, 11) is 0. The summed E-state index contributed by atoms with van der Waals surface area (Å²) in [6.07, 6.45) is 0.926. The topological polar surface area (TPSA) is 12.0 Å². The molecule has 0 saturated heterocycles. The Morgan fingerprint density at radius 1 is 1.37 bits per heavy atom. The lowest BCUT2D eigenvalue weighted by atomic mass is 10.1. The highest BCUT2D eigenvalue weighted by molar-refractivity contribution is 9.10. The molecule has 0 radical (unpaired) electrons. The lowest BCUT2D eigenvalue weighted by molar-refractivity contribution is 0.568. The largest absolute Gasteiger partial charge is 0.313 e. The molecule has 1 N–H and O–H groups in total. The molecule has 1 nitrogen and oxygen atoms in total. The highest BCUT2D eigenvalue weighted by atomic mass is 79.9. The fraction of sp³-hybridized carbons (Fsp3) is 0.600. The highest BCUT2D eigenvalue weighted by Crippen LogP contribution is 2.25. The number of benzene rings is 1. The SMILES string of the molecule is CCNC(CSC(C)(C)C)Cc1ccc(F)c(Br)c1. The lowest BCUT2D eigenvalue weighted by Crippen LogP contribution is -2.34. The van der Waals surface area contributed by atoms with Gasteiger partial charge in [0, 0.05) is 16.5 Å². The zero-order valence-electron chi connectivity index (χ0n) is 12.1. The quantitative estimate of drug-likeness (QED) is 0.804. The summed E-state index contributed by atoms with van der Waals surface area (Å²) in [6.45, 7) is 9.77. The summed E-state index contributed by atoms with van der Waals surface area (Å²) < 4.78 is 14.0. The van der Waals surface area contributed by atoms with Crippen LogP contribution in [-0.2, 0) is 6.42 Å². The zero-order valence-corrected chi connectivity index (χ0v) is 14.5. The predicted molar refractivity (Wildman–Crippen MR) is 87.5 cm³/mol. The third kappa shape index (κ3) is 6.77. The number of hydrogen-bond donors (Lipinski definition) is 1. The molecule has 0 heterocycles. The third-order valence-electron chi connectivity index (χ3n) is 2.68. The first kappa shape index (κ1) is 17.0. The van der Waals surface area contributed by atoms with Crippen molar-refractivity contribution in [3.8, 4) is 0 Å². The average Bonchev–Trinajstić information content (AvgIpc) is 2.30. The minimum Gasteiger partial charge on any atom is -0.313 e. The van der Waals surface area contributed by atoms with Crippen LogP contribution in [-0.4, -0.2) is 23.1 Å². The summed E-state index contributed by atoms with van der Waals surface area (Å²) in [6, 6.07) is 5.69. The van der Waals surface area contributed by atoms with Crippen LogP contribution in [0.4, 0.5) is 4.39 Å². The van der Waals surface area contributed by atoms with Gasteiger partial charge in [-0.1, -0.05) is 33.8 Å². The summed E-state index contributed by atoms with van der Waals surface area (Å²) in [4.78, 5) is 0. The zero-order chi connectivity index (χ0) is 14.5. The normalized spacial score (nSPS) is 13.6. The van der Waals surface area contributed by atoms with E-state index >= 15 is 0 Å². The van der Waals surface area contributed by atoms with Gasteiger partial charge in [0.25, 0.3) is 0 Å². The van der Waals surface area contributed by atoms with E-state index in [-0.39, 0.29) is 10.6 Å². The van der Waals surface area contributed by atoms with Crippen LogP contribution >= 0.6 is 27.7 Å². The van der Waals surface area contributed by atoms with Crippen molar-refractivity contribution in [3.05, 3.63) is 34.1 Å². The lowest BCUT2D eigenvalue weighted by Gasteiger charge is -2.23. The summed E-state index contributed by atoms with van der Waals surface area (Å²) in [5.41, 5.74) is 1.16. The van der Waals surface area contributed by atoms with Crippen LogP contribution in [0.3, 0.4) is 0 Å². The van der Waals surface area contributed by atoms with Crippen LogP contribution in [0, 0.1) is 5.82 Å². The molecular weight excluding hydrogens is 325 g/mol. The maximum Gasteiger partial charge on any atom is 0.137 e. The summed E-state index contributed by atoms with van der Waals surface area (Å²) >= 11 is 5.21. The van der Waals surface area contributed by atoms with Gasteiger partial charge >= 0.3 is 0 Å². The molecular formula is C15H23BrFNS. The molecule has 0 aliphatic heterocycles. The van der Waals surface area contributed by atoms with Crippen molar-refractivity contribution in [2.24, 2.45) is 0 Å². The molecule has 1 unspecified atom stereocenters. The number of thioether (sulfide) groups is 1. The average molecular weight is 348 g/mol. The Balaban J connectivity index is 2.64.